The smallest absolute Gasteiger partial charge is 0.245 e. The van der Waals surface area contributed by atoms with Crippen molar-refractivity contribution in [3.05, 3.63) is 29.8 Å². The molecule has 0 radical (unpaired) electrons. The molecule has 1 unspecified atom stereocenters. The fraction of sp³-hybridized carbons (Fsp3) is 0.562. The third kappa shape index (κ3) is 2.52. The van der Waals surface area contributed by atoms with Gasteiger partial charge in [0.15, 0.2) is 0 Å². The number of carbonyl (C=O) groups is 1. The summed E-state index contributed by atoms with van der Waals surface area (Å²) in [6.45, 7) is 0.509. The van der Waals surface area contributed by atoms with Crippen molar-refractivity contribution < 1.29 is 9.90 Å². The molecule has 2 N–H and O–H groups in total. The number of para-hydroxylation sites is 1. The van der Waals surface area contributed by atoms with Gasteiger partial charge in [-0.15, -0.1) is 0 Å². The summed E-state index contributed by atoms with van der Waals surface area (Å²) in [6, 6.07) is 8.38. The van der Waals surface area contributed by atoms with Crippen molar-refractivity contribution in [1.82, 2.24) is 4.90 Å². The standard InChI is InChI=1S/C16H22N2O2/c19-11-10-18(13-5-3-6-13)16(20)15-9-8-12-4-1-2-7-14(12)17-15/h1-2,4,7,13,15,17,19H,3,5-6,8-11H2. The minimum Gasteiger partial charge on any atom is -0.395 e. The SMILES string of the molecule is O=C(C1CCc2ccccc2N1)N(CCO)C1CCC1. The summed E-state index contributed by atoms with van der Waals surface area (Å²) >= 11 is 0. The fourth-order valence-electron chi connectivity index (χ4n) is 3.10. The normalized spacial score (nSPS) is 21.6. The fourth-order valence-corrected chi connectivity index (χ4v) is 3.10. The van der Waals surface area contributed by atoms with Crippen LogP contribution in [0.1, 0.15) is 31.2 Å². The highest BCUT2D eigenvalue weighted by atomic mass is 16.3. The second-order valence-electron chi connectivity index (χ2n) is 5.73. The third-order valence-corrected chi connectivity index (χ3v) is 4.49. The maximum Gasteiger partial charge on any atom is 0.245 e. The first kappa shape index (κ1) is 13.4. The van der Waals surface area contributed by atoms with Gasteiger partial charge in [-0.25, -0.2) is 0 Å². The lowest BCUT2D eigenvalue weighted by Gasteiger charge is -2.40. The molecule has 1 atom stereocenters. The zero-order valence-electron chi connectivity index (χ0n) is 11.7. The molecule has 0 aromatic heterocycles. The number of fused-ring (bicyclic) bond motifs is 1. The first-order valence-electron chi connectivity index (χ1n) is 7.55. The average Bonchev–Trinajstić information content (AvgIpc) is 2.43. The lowest BCUT2D eigenvalue weighted by atomic mass is 9.90. The molecule has 108 valence electrons. The van der Waals surface area contributed by atoms with Crippen LogP contribution in [0.5, 0.6) is 0 Å². The van der Waals surface area contributed by atoms with Crippen LogP contribution in [0.25, 0.3) is 0 Å². The van der Waals surface area contributed by atoms with E-state index in [1.54, 1.807) is 0 Å². The van der Waals surface area contributed by atoms with Gasteiger partial charge >= 0.3 is 0 Å². The van der Waals surface area contributed by atoms with Crippen LogP contribution in [0, 0.1) is 0 Å². The molecule has 1 aliphatic carbocycles. The van der Waals surface area contributed by atoms with E-state index in [1.165, 1.54) is 12.0 Å². The van der Waals surface area contributed by atoms with Gasteiger partial charge in [-0.1, -0.05) is 18.2 Å². The number of aliphatic hydroxyl groups is 1. The number of aryl methyl sites for hydroxylation is 1. The summed E-state index contributed by atoms with van der Waals surface area (Å²) in [5, 5.41) is 12.6. The van der Waals surface area contributed by atoms with Crippen LogP contribution in [0.15, 0.2) is 24.3 Å². The van der Waals surface area contributed by atoms with Crippen molar-refractivity contribution in [3.63, 3.8) is 0 Å². The third-order valence-electron chi connectivity index (χ3n) is 4.49. The molecule has 20 heavy (non-hydrogen) atoms. The molecule has 1 saturated carbocycles. The Labute approximate surface area is 119 Å². The predicted molar refractivity (Wildman–Crippen MR) is 78.6 cm³/mol. The van der Waals surface area contributed by atoms with Gasteiger partial charge in [0.05, 0.1) is 6.61 Å². The molecule has 1 aliphatic heterocycles. The van der Waals surface area contributed by atoms with Gasteiger partial charge in [-0.05, 0) is 43.7 Å². The number of hydrogen-bond donors (Lipinski definition) is 2. The summed E-state index contributed by atoms with van der Waals surface area (Å²) in [6.07, 6.45) is 5.13. The van der Waals surface area contributed by atoms with Crippen molar-refractivity contribution in [1.29, 1.82) is 0 Å². The molecule has 2 aliphatic rings. The largest absolute Gasteiger partial charge is 0.395 e. The molecular formula is C16H22N2O2. The highest BCUT2D eigenvalue weighted by Crippen LogP contribution is 2.29. The minimum atomic E-state index is -0.142. The van der Waals surface area contributed by atoms with Gasteiger partial charge in [-0.3, -0.25) is 4.79 Å². The molecule has 1 aromatic rings. The summed E-state index contributed by atoms with van der Waals surface area (Å²) < 4.78 is 0. The van der Waals surface area contributed by atoms with E-state index in [0.717, 1.165) is 31.4 Å². The van der Waals surface area contributed by atoms with E-state index in [1.807, 2.05) is 23.1 Å². The Bertz CT molecular complexity index is 485. The summed E-state index contributed by atoms with van der Waals surface area (Å²) in [7, 11) is 0. The zero-order chi connectivity index (χ0) is 13.9. The second-order valence-corrected chi connectivity index (χ2v) is 5.73. The van der Waals surface area contributed by atoms with E-state index in [9.17, 15) is 9.90 Å². The molecule has 1 aromatic carbocycles. The second kappa shape index (κ2) is 5.83. The Kier molecular flexibility index (Phi) is 3.92. The zero-order valence-corrected chi connectivity index (χ0v) is 11.7. The quantitative estimate of drug-likeness (QED) is 0.880. The van der Waals surface area contributed by atoms with Crippen LogP contribution < -0.4 is 5.32 Å². The highest BCUT2D eigenvalue weighted by molar-refractivity contribution is 5.86. The van der Waals surface area contributed by atoms with Crippen LogP contribution in [-0.4, -0.2) is 41.1 Å². The van der Waals surface area contributed by atoms with E-state index < -0.39 is 0 Å². The molecule has 1 fully saturated rings. The number of carbonyl (C=O) groups excluding carboxylic acids is 1. The molecule has 4 heteroatoms. The lowest BCUT2D eigenvalue weighted by Crippen LogP contribution is -2.52. The Morgan fingerprint density at radius 2 is 2.10 bits per heavy atom. The Hall–Kier alpha value is -1.55. The van der Waals surface area contributed by atoms with Crippen molar-refractivity contribution >= 4 is 11.6 Å². The maximum atomic E-state index is 12.7. The summed E-state index contributed by atoms with van der Waals surface area (Å²) in [5.74, 6) is 0.151. The molecule has 1 amide bonds. The van der Waals surface area contributed by atoms with Gasteiger partial charge in [0.2, 0.25) is 5.91 Å². The predicted octanol–water partition coefficient (Wildman–Crippen LogP) is 1.79. The molecular weight excluding hydrogens is 252 g/mol. The van der Waals surface area contributed by atoms with Crippen LogP contribution in [-0.2, 0) is 11.2 Å². The molecule has 0 bridgehead atoms. The summed E-state index contributed by atoms with van der Waals surface area (Å²) in [4.78, 5) is 14.6. The molecule has 0 saturated heterocycles. The molecule has 4 nitrogen and oxygen atoms in total. The van der Waals surface area contributed by atoms with Crippen molar-refractivity contribution in [2.45, 2.75) is 44.2 Å². The van der Waals surface area contributed by atoms with Crippen molar-refractivity contribution in [2.75, 3.05) is 18.5 Å². The Morgan fingerprint density at radius 1 is 1.30 bits per heavy atom. The average molecular weight is 274 g/mol. The number of amides is 1. The van der Waals surface area contributed by atoms with Crippen LogP contribution >= 0.6 is 0 Å². The van der Waals surface area contributed by atoms with Crippen LogP contribution in [0.3, 0.4) is 0 Å². The number of nitrogens with zero attached hydrogens (tertiary/aromatic N) is 1. The van der Waals surface area contributed by atoms with E-state index in [2.05, 4.69) is 11.4 Å². The topological polar surface area (TPSA) is 52.6 Å². The van der Waals surface area contributed by atoms with Gasteiger partial charge in [-0.2, -0.15) is 0 Å². The number of rotatable bonds is 4. The number of benzene rings is 1. The Morgan fingerprint density at radius 3 is 2.80 bits per heavy atom. The van der Waals surface area contributed by atoms with Crippen molar-refractivity contribution in [3.8, 4) is 0 Å². The van der Waals surface area contributed by atoms with Crippen LogP contribution in [0.4, 0.5) is 5.69 Å². The first-order valence-corrected chi connectivity index (χ1v) is 7.55. The number of anilines is 1. The number of nitrogens with one attached hydrogen (secondary N) is 1. The first-order chi connectivity index (χ1) is 9.79. The van der Waals surface area contributed by atoms with E-state index in [-0.39, 0.29) is 18.6 Å². The Balaban J connectivity index is 1.70. The highest BCUT2D eigenvalue weighted by Gasteiger charge is 2.33. The van der Waals surface area contributed by atoms with Gasteiger partial charge < -0.3 is 15.3 Å². The van der Waals surface area contributed by atoms with Gasteiger partial charge in [0, 0.05) is 18.3 Å². The van der Waals surface area contributed by atoms with Gasteiger partial charge in [0.25, 0.3) is 0 Å². The molecule has 3 rings (SSSR count). The van der Waals surface area contributed by atoms with E-state index >= 15 is 0 Å². The molecule has 1 heterocycles. The van der Waals surface area contributed by atoms with E-state index in [0.29, 0.717) is 12.6 Å². The van der Waals surface area contributed by atoms with E-state index in [4.69, 9.17) is 0 Å². The van der Waals surface area contributed by atoms with Gasteiger partial charge in [0.1, 0.15) is 6.04 Å². The van der Waals surface area contributed by atoms with Crippen LogP contribution in [0.2, 0.25) is 0 Å². The lowest BCUT2D eigenvalue weighted by molar-refractivity contribution is -0.137. The molecule has 0 spiro atoms. The summed E-state index contributed by atoms with van der Waals surface area (Å²) in [5.41, 5.74) is 2.36. The monoisotopic (exact) mass is 274 g/mol. The number of aliphatic hydroxyl groups excluding tert-OH is 1. The van der Waals surface area contributed by atoms with Crippen molar-refractivity contribution in [2.24, 2.45) is 0 Å². The number of hydrogen-bond acceptors (Lipinski definition) is 3. The maximum absolute atomic E-state index is 12.7. The minimum absolute atomic E-state index is 0.0472.